The number of hydrogen-bond acceptors (Lipinski definition) is 2. The van der Waals surface area contributed by atoms with Gasteiger partial charge in [-0.2, -0.15) is 0 Å². The van der Waals surface area contributed by atoms with Gasteiger partial charge in [-0.05, 0) is 36.5 Å². The molecule has 0 radical (unpaired) electrons. The summed E-state index contributed by atoms with van der Waals surface area (Å²) in [4.78, 5) is 12.0. The number of amides is 2. The van der Waals surface area contributed by atoms with E-state index >= 15 is 0 Å². The van der Waals surface area contributed by atoms with E-state index in [-0.39, 0.29) is 12.1 Å². The van der Waals surface area contributed by atoms with Crippen LogP contribution in [0.25, 0.3) is 0 Å². The fourth-order valence-electron chi connectivity index (χ4n) is 2.80. The van der Waals surface area contributed by atoms with Crippen LogP contribution >= 0.6 is 0 Å². The molecule has 0 saturated carbocycles. The minimum atomic E-state index is -0.119. The van der Waals surface area contributed by atoms with Crippen LogP contribution in [0.5, 0.6) is 5.75 Å². The molecule has 1 unspecified atom stereocenters. The maximum atomic E-state index is 12.0. The maximum Gasteiger partial charge on any atom is 0.315 e. The molecule has 2 aromatic carbocycles. The quantitative estimate of drug-likeness (QED) is 0.834. The van der Waals surface area contributed by atoms with Crippen LogP contribution in [0.1, 0.15) is 17.5 Å². The number of carbonyl (C=O) groups excluding carboxylic acids is 1. The van der Waals surface area contributed by atoms with Gasteiger partial charge in [0.25, 0.3) is 0 Å². The molecule has 1 atom stereocenters. The number of benzene rings is 2. The first-order chi connectivity index (χ1) is 11.3. The monoisotopic (exact) mass is 310 g/mol. The summed E-state index contributed by atoms with van der Waals surface area (Å²) in [5.41, 5.74) is 2.44. The smallest absolute Gasteiger partial charge is 0.315 e. The predicted molar refractivity (Wildman–Crippen MR) is 90.7 cm³/mol. The van der Waals surface area contributed by atoms with E-state index in [1.807, 2.05) is 42.5 Å². The Morgan fingerprint density at radius 2 is 1.87 bits per heavy atom. The number of nitrogens with one attached hydrogen (secondary N) is 2. The Labute approximate surface area is 136 Å². The molecule has 23 heavy (non-hydrogen) atoms. The molecule has 0 saturated heterocycles. The molecule has 2 amide bonds. The van der Waals surface area contributed by atoms with E-state index in [9.17, 15) is 4.79 Å². The summed E-state index contributed by atoms with van der Waals surface area (Å²) in [6.45, 7) is 1.19. The van der Waals surface area contributed by atoms with Gasteiger partial charge in [0.15, 0.2) is 0 Å². The second-order valence-electron chi connectivity index (χ2n) is 5.81. The Balaban J connectivity index is 1.37. The van der Waals surface area contributed by atoms with Crippen LogP contribution in [0, 0.1) is 0 Å². The molecule has 2 N–H and O–H groups in total. The molecule has 0 spiro atoms. The largest absolute Gasteiger partial charge is 0.491 e. The number of fused-ring (bicyclic) bond motifs is 1. The van der Waals surface area contributed by atoms with Crippen LogP contribution in [0.3, 0.4) is 0 Å². The van der Waals surface area contributed by atoms with Gasteiger partial charge < -0.3 is 15.4 Å². The summed E-state index contributed by atoms with van der Waals surface area (Å²) in [6.07, 6.45) is 2.72. The minimum absolute atomic E-state index is 0.0269. The van der Waals surface area contributed by atoms with Crippen molar-refractivity contribution in [3.05, 3.63) is 65.7 Å². The lowest BCUT2D eigenvalue weighted by Gasteiger charge is -2.26. The van der Waals surface area contributed by atoms with Crippen molar-refractivity contribution in [2.45, 2.75) is 25.3 Å². The third kappa shape index (κ3) is 4.49. The number of urea groups is 1. The molecule has 0 aliphatic carbocycles. The third-order valence-corrected chi connectivity index (χ3v) is 3.98. The van der Waals surface area contributed by atoms with E-state index in [4.69, 9.17) is 4.74 Å². The predicted octanol–water partition coefficient (Wildman–Crippen LogP) is 2.92. The van der Waals surface area contributed by atoms with Gasteiger partial charge >= 0.3 is 6.03 Å². The summed E-state index contributed by atoms with van der Waals surface area (Å²) >= 11 is 0. The SMILES string of the molecule is O=C(NCCCc1ccccc1)NC1COc2ccccc2C1. The molecule has 0 fully saturated rings. The van der Waals surface area contributed by atoms with E-state index in [1.54, 1.807) is 0 Å². The average Bonchev–Trinajstić information content (AvgIpc) is 2.59. The Kier molecular flexibility index (Phi) is 5.14. The van der Waals surface area contributed by atoms with Gasteiger partial charge in [0.2, 0.25) is 0 Å². The molecule has 1 aliphatic heterocycles. The van der Waals surface area contributed by atoms with Crippen molar-refractivity contribution in [2.24, 2.45) is 0 Å². The average molecular weight is 310 g/mol. The Hall–Kier alpha value is -2.49. The van der Waals surface area contributed by atoms with Crippen LogP contribution in [-0.2, 0) is 12.8 Å². The van der Waals surface area contributed by atoms with Gasteiger partial charge in [-0.15, -0.1) is 0 Å². The van der Waals surface area contributed by atoms with Crippen molar-refractivity contribution >= 4 is 6.03 Å². The molecule has 1 aliphatic rings. The lowest BCUT2D eigenvalue weighted by Crippen LogP contribution is -2.47. The Morgan fingerprint density at radius 3 is 2.74 bits per heavy atom. The summed E-state index contributed by atoms with van der Waals surface area (Å²) in [5, 5.41) is 5.90. The van der Waals surface area contributed by atoms with Gasteiger partial charge in [-0.1, -0.05) is 48.5 Å². The molecule has 4 heteroatoms. The van der Waals surface area contributed by atoms with Crippen molar-refractivity contribution in [1.29, 1.82) is 0 Å². The number of hydrogen-bond donors (Lipinski definition) is 2. The van der Waals surface area contributed by atoms with E-state index in [2.05, 4.69) is 22.8 Å². The number of para-hydroxylation sites is 1. The molecule has 3 rings (SSSR count). The zero-order valence-corrected chi connectivity index (χ0v) is 13.1. The van der Waals surface area contributed by atoms with Gasteiger partial charge in [0.05, 0.1) is 6.04 Å². The molecule has 0 bridgehead atoms. The third-order valence-electron chi connectivity index (χ3n) is 3.98. The second kappa shape index (κ2) is 7.68. The lowest BCUT2D eigenvalue weighted by molar-refractivity contribution is 0.214. The summed E-state index contributed by atoms with van der Waals surface area (Å²) in [5.74, 6) is 0.925. The van der Waals surface area contributed by atoms with Gasteiger partial charge in [-0.3, -0.25) is 0 Å². The van der Waals surface area contributed by atoms with Crippen molar-refractivity contribution in [3.63, 3.8) is 0 Å². The Morgan fingerprint density at radius 1 is 1.09 bits per heavy atom. The first-order valence-electron chi connectivity index (χ1n) is 8.10. The summed E-state index contributed by atoms with van der Waals surface area (Å²) in [6, 6.07) is 18.2. The molecule has 4 nitrogen and oxygen atoms in total. The number of aryl methyl sites for hydroxylation is 1. The van der Waals surface area contributed by atoms with E-state index in [0.717, 1.165) is 30.6 Å². The van der Waals surface area contributed by atoms with E-state index in [1.165, 1.54) is 5.56 Å². The molecule has 2 aromatic rings. The Bertz CT molecular complexity index is 643. The normalized spacial score (nSPS) is 16.1. The zero-order chi connectivity index (χ0) is 15.9. The summed E-state index contributed by atoms with van der Waals surface area (Å²) < 4.78 is 5.68. The first kappa shape index (κ1) is 15.4. The lowest BCUT2D eigenvalue weighted by atomic mass is 10.0. The molecule has 0 aromatic heterocycles. The summed E-state index contributed by atoms with van der Waals surface area (Å²) in [7, 11) is 0. The van der Waals surface area contributed by atoms with Gasteiger partial charge in [-0.25, -0.2) is 4.79 Å². The van der Waals surface area contributed by atoms with E-state index < -0.39 is 0 Å². The first-order valence-corrected chi connectivity index (χ1v) is 8.10. The van der Waals surface area contributed by atoms with Crippen LogP contribution in [0.15, 0.2) is 54.6 Å². The van der Waals surface area contributed by atoms with Crippen molar-refractivity contribution in [2.75, 3.05) is 13.2 Å². The highest BCUT2D eigenvalue weighted by atomic mass is 16.5. The number of rotatable bonds is 5. The maximum absolute atomic E-state index is 12.0. The number of ether oxygens (including phenoxy) is 1. The van der Waals surface area contributed by atoms with Crippen molar-refractivity contribution < 1.29 is 9.53 Å². The zero-order valence-electron chi connectivity index (χ0n) is 13.1. The van der Waals surface area contributed by atoms with Crippen molar-refractivity contribution in [1.82, 2.24) is 10.6 Å². The highest BCUT2D eigenvalue weighted by Crippen LogP contribution is 2.23. The highest BCUT2D eigenvalue weighted by Gasteiger charge is 2.20. The van der Waals surface area contributed by atoms with Crippen LogP contribution in [-0.4, -0.2) is 25.2 Å². The van der Waals surface area contributed by atoms with Crippen LogP contribution in [0.2, 0.25) is 0 Å². The fraction of sp³-hybridized carbons (Fsp3) is 0.316. The topological polar surface area (TPSA) is 50.4 Å². The molecular weight excluding hydrogens is 288 g/mol. The molecule has 120 valence electrons. The molecular formula is C19H22N2O2. The molecule has 1 heterocycles. The van der Waals surface area contributed by atoms with Gasteiger partial charge in [0, 0.05) is 6.54 Å². The van der Waals surface area contributed by atoms with Gasteiger partial charge in [0.1, 0.15) is 12.4 Å². The van der Waals surface area contributed by atoms with E-state index in [0.29, 0.717) is 13.2 Å². The van der Waals surface area contributed by atoms with Crippen LogP contribution < -0.4 is 15.4 Å². The number of carbonyl (C=O) groups is 1. The minimum Gasteiger partial charge on any atom is -0.491 e. The second-order valence-corrected chi connectivity index (χ2v) is 5.81. The highest BCUT2D eigenvalue weighted by molar-refractivity contribution is 5.74. The van der Waals surface area contributed by atoms with Crippen molar-refractivity contribution in [3.8, 4) is 5.75 Å². The fourth-order valence-corrected chi connectivity index (χ4v) is 2.80. The van der Waals surface area contributed by atoms with Crippen LogP contribution in [0.4, 0.5) is 4.79 Å². The standard InChI is InChI=1S/C19H22N2O2/c22-19(20-12-6-9-15-7-2-1-3-8-15)21-17-13-16-10-4-5-11-18(16)23-14-17/h1-5,7-8,10-11,17H,6,9,12-14H2,(H2,20,21,22).